The fourth-order valence-corrected chi connectivity index (χ4v) is 2.95. The van der Waals surface area contributed by atoms with Crippen molar-refractivity contribution in [1.82, 2.24) is 9.80 Å². The van der Waals surface area contributed by atoms with Crippen LogP contribution in [0.25, 0.3) is 0 Å². The van der Waals surface area contributed by atoms with Gasteiger partial charge in [0, 0.05) is 44.2 Å². The van der Waals surface area contributed by atoms with E-state index < -0.39 is 5.09 Å². The maximum absolute atomic E-state index is 11.9. The summed E-state index contributed by atoms with van der Waals surface area (Å²) in [5, 5.41) is 9.33. The Balaban J connectivity index is 1.52. The predicted molar refractivity (Wildman–Crippen MR) is 99.0 cm³/mol. The molecule has 0 unspecified atom stereocenters. The van der Waals surface area contributed by atoms with Crippen molar-refractivity contribution < 1.29 is 19.5 Å². The Kier molecular flexibility index (Phi) is 8.66. The van der Waals surface area contributed by atoms with Crippen LogP contribution in [0.5, 0.6) is 0 Å². The molecule has 1 fully saturated rings. The molecule has 0 bridgehead atoms. The average Bonchev–Trinajstić information content (AvgIpc) is 2.63. The van der Waals surface area contributed by atoms with Crippen LogP contribution in [-0.2, 0) is 9.57 Å². The first-order valence-electron chi connectivity index (χ1n) is 8.73. The molecule has 1 aliphatic rings. The van der Waals surface area contributed by atoms with Crippen LogP contribution >= 0.6 is 12.6 Å². The molecule has 0 saturated carbocycles. The number of nitrogens with zero attached hydrogens (tertiary/aromatic N) is 3. The Labute approximate surface area is 158 Å². The molecule has 26 heavy (non-hydrogen) atoms. The van der Waals surface area contributed by atoms with Gasteiger partial charge in [0.05, 0.1) is 18.8 Å². The number of thiol groups is 1. The van der Waals surface area contributed by atoms with Crippen LogP contribution in [0.3, 0.4) is 0 Å². The van der Waals surface area contributed by atoms with E-state index in [1.54, 1.807) is 24.3 Å². The van der Waals surface area contributed by atoms with Crippen molar-refractivity contribution in [2.24, 2.45) is 0 Å². The summed E-state index contributed by atoms with van der Waals surface area (Å²) in [6.45, 7) is 6.03. The number of carbonyl (C=O) groups is 1. The summed E-state index contributed by atoms with van der Waals surface area (Å²) in [6, 6.07) is 6.95. The van der Waals surface area contributed by atoms with Crippen LogP contribution in [0, 0.1) is 10.1 Å². The quantitative estimate of drug-likeness (QED) is 0.217. The molecule has 1 aromatic rings. The highest BCUT2D eigenvalue weighted by Gasteiger charge is 2.16. The van der Waals surface area contributed by atoms with Crippen LogP contribution in [-0.4, -0.2) is 73.3 Å². The highest BCUT2D eigenvalue weighted by molar-refractivity contribution is 7.80. The highest BCUT2D eigenvalue weighted by atomic mass is 32.1. The molecule has 8 nitrogen and oxygen atoms in total. The summed E-state index contributed by atoms with van der Waals surface area (Å²) < 4.78 is 5.30. The van der Waals surface area contributed by atoms with E-state index in [1.807, 2.05) is 0 Å². The molecule has 1 aromatic carbocycles. The molecule has 0 radical (unpaired) electrons. The van der Waals surface area contributed by atoms with E-state index in [2.05, 4.69) is 27.3 Å². The van der Waals surface area contributed by atoms with Gasteiger partial charge >= 0.3 is 5.97 Å². The van der Waals surface area contributed by atoms with Crippen LogP contribution in [0.4, 0.5) is 0 Å². The number of carbonyl (C=O) groups excluding carboxylic acids is 1. The zero-order chi connectivity index (χ0) is 18.8. The minimum absolute atomic E-state index is 0.148. The molecule has 0 amide bonds. The van der Waals surface area contributed by atoms with Crippen molar-refractivity contribution >= 4 is 18.6 Å². The molecule has 0 aromatic heterocycles. The molecule has 0 aliphatic carbocycles. The lowest BCUT2D eigenvalue weighted by Gasteiger charge is -2.34. The van der Waals surface area contributed by atoms with E-state index in [9.17, 15) is 14.9 Å². The molecule has 0 atom stereocenters. The molecule has 0 spiro atoms. The minimum atomic E-state index is -0.750. The van der Waals surface area contributed by atoms with Gasteiger partial charge < -0.3 is 19.4 Å². The second kappa shape index (κ2) is 11.0. The van der Waals surface area contributed by atoms with Gasteiger partial charge in [-0.2, -0.15) is 0 Å². The van der Waals surface area contributed by atoms with Crippen molar-refractivity contribution in [3.63, 3.8) is 0 Å². The van der Waals surface area contributed by atoms with Gasteiger partial charge in [0.25, 0.3) is 5.09 Å². The molecule has 1 saturated heterocycles. The summed E-state index contributed by atoms with van der Waals surface area (Å²) >= 11 is 4.19. The third kappa shape index (κ3) is 7.59. The third-order valence-corrected chi connectivity index (χ3v) is 4.53. The number of ether oxygens (including phenoxy) is 1. The van der Waals surface area contributed by atoms with Crippen LogP contribution < -0.4 is 0 Å². The number of benzene rings is 1. The van der Waals surface area contributed by atoms with Gasteiger partial charge in [-0.3, -0.25) is 0 Å². The summed E-state index contributed by atoms with van der Waals surface area (Å²) in [4.78, 5) is 31.7. The van der Waals surface area contributed by atoms with E-state index in [-0.39, 0.29) is 12.6 Å². The highest BCUT2D eigenvalue weighted by Crippen LogP contribution is 2.09. The summed E-state index contributed by atoms with van der Waals surface area (Å²) in [5.74, 6) is -0.305. The van der Waals surface area contributed by atoms with Crippen molar-refractivity contribution in [3.05, 3.63) is 39.9 Å². The van der Waals surface area contributed by atoms with E-state index in [0.717, 1.165) is 50.6 Å². The fourth-order valence-electron chi connectivity index (χ4n) is 2.80. The minimum Gasteiger partial charge on any atom is -0.462 e. The predicted octanol–water partition coefficient (Wildman–Crippen LogP) is 1.74. The second-order valence-electron chi connectivity index (χ2n) is 6.13. The number of esters is 1. The van der Waals surface area contributed by atoms with Crippen molar-refractivity contribution in [2.75, 3.05) is 52.5 Å². The Morgan fingerprint density at radius 1 is 1.04 bits per heavy atom. The van der Waals surface area contributed by atoms with Crippen LogP contribution in [0.15, 0.2) is 29.2 Å². The van der Waals surface area contributed by atoms with Crippen LogP contribution in [0.1, 0.15) is 23.2 Å². The Morgan fingerprint density at radius 2 is 1.58 bits per heavy atom. The third-order valence-electron chi connectivity index (χ3n) is 4.24. The lowest BCUT2D eigenvalue weighted by atomic mass is 10.2. The Hall–Kier alpha value is -1.84. The van der Waals surface area contributed by atoms with Gasteiger partial charge in [0.2, 0.25) is 0 Å². The van der Waals surface area contributed by atoms with Gasteiger partial charge in [-0.15, -0.1) is 22.7 Å². The number of hydrogen-bond donors (Lipinski definition) is 1. The molecule has 2 rings (SSSR count). The van der Waals surface area contributed by atoms with Gasteiger partial charge in [-0.25, -0.2) is 4.79 Å². The largest absolute Gasteiger partial charge is 0.462 e. The smallest absolute Gasteiger partial charge is 0.338 e. The van der Waals surface area contributed by atoms with E-state index in [4.69, 9.17) is 4.74 Å². The van der Waals surface area contributed by atoms with E-state index >= 15 is 0 Å². The van der Waals surface area contributed by atoms with Crippen LogP contribution in [0.2, 0.25) is 0 Å². The average molecular weight is 383 g/mol. The first kappa shape index (κ1) is 20.5. The Morgan fingerprint density at radius 3 is 2.12 bits per heavy atom. The number of piperazine rings is 1. The van der Waals surface area contributed by atoms with Gasteiger partial charge in [0.15, 0.2) is 0 Å². The van der Waals surface area contributed by atoms with Gasteiger partial charge in [-0.1, -0.05) is 0 Å². The summed E-state index contributed by atoms with van der Waals surface area (Å²) in [5.41, 5.74) is 0.539. The van der Waals surface area contributed by atoms with Crippen molar-refractivity contribution in [2.45, 2.75) is 17.7 Å². The zero-order valence-electron chi connectivity index (χ0n) is 14.7. The summed E-state index contributed by atoms with van der Waals surface area (Å²) in [7, 11) is 0. The lowest BCUT2D eigenvalue weighted by Crippen LogP contribution is -2.47. The van der Waals surface area contributed by atoms with E-state index in [1.165, 1.54) is 0 Å². The number of hydrogen-bond acceptors (Lipinski definition) is 8. The summed E-state index contributed by atoms with van der Waals surface area (Å²) in [6.07, 6.45) is 1.46. The second-order valence-corrected chi connectivity index (χ2v) is 6.65. The molecule has 1 aliphatic heterocycles. The topological polar surface area (TPSA) is 85.2 Å². The Bertz CT molecular complexity index is 576. The first-order chi connectivity index (χ1) is 12.5. The molecule has 144 valence electrons. The standard InChI is InChI=1S/C17H25N3O5S/c21-17(15-3-5-16(26)6-4-15)24-13-1-7-18-9-11-19(12-10-18)8-2-14-25-20(22)23/h3-6,26H,1-2,7-14H2. The zero-order valence-corrected chi connectivity index (χ0v) is 15.6. The normalized spacial score (nSPS) is 15.6. The maximum Gasteiger partial charge on any atom is 0.338 e. The molecule has 0 N–H and O–H groups in total. The SMILES string of the molecule is O=C(OCCCN1CCN(CCCO[N+](=O)[O-])CC1)c1ccc(S)cc1. The molecule has 1 heterocycles. The van der Waals surface area contributed by atoms with Crippen molar-refractivity contribution in [1.29, 1.82) is 0 Å². The molecular weight excluding hydrogens is 358 g/mol. The lowest BCUT2D eigenvalue weighted by molar-refractivity contribution is -0.757. The molecular formula is C17H25N3O5S. The number of rotatable bonds is 10. The fraction of sp³-hybridized carbons (Fsp3) is 0.588. The molecule has 9 heteroatoms. The van der Waals surface area contributed by atoms with Gasteiger partial charge in [-0.05, 0) is 37.1 Å². The van der Waals surface area contributed by atoms with Gasteiger partial charge in [0.1, 0.15) is 0 Å². The monoisotopic (exact) mass is 383 g/mol. The first-order valence-corrected chi connectivity index (χ1v) is 9.17. The van der Waals surface area contributed by atoms with Crippen molar-refractivity contribution in [3.8, 4) is 0 Å². The maximum atomic E-state index is 11.9. The van der Waals surface area contributed by atoms with E-state index in [0.29, 0.717) is 18.6 Å².